The molecule has 0 saturated carbocycles. The second-order valence-electron chi connectivity index (χ2n) is 16.7. The molecule has 0 amide bonds. The zero-order valence-electron chi connectivity index (χ0n) is 35.8. The number of ether oxygens (including phenoxy) is 2. The first-order valence-electron chi connectivity index (χ1n) is 21.3. The highest BCUT2D eigenvalue weighted by molar-refractivity contribution is 7.22. The van der Waals surface area contributed by atoms with E-state index in [4.69, 9.17) is 36.0 Å². The van der Waals surface area contributed by atoms with Crippen molar-refractivity contribution in [2.75, 3.05) is 46.4 Å². The van der Waals surface area contributed by atoms with Crippen molar-refractivity contribution in [3.63, 3.8) is 0 Å². The molecular formula is C49H47ClFN7O5S. The molecule has 0 spiro atoms. The Morgan fingerprint density at radius 2 is 1.77 bits per heavy atom. The summed E-state index contributed by atoms with van der Waals surface area (Å²) < 4.78 is 28.9. The Bertz CT molecular complexity index is 2920. The number of hydrogen-bond acceptors (Lipinski definition) is 11. The number of carboxylic acid groups (broad SMARTS) is 1. The maximum atomic E-state index is 14.3. The SMILES string of the molecule is Cc1c2ccc(c1Cl)C[C@H](CN1CCN(C)CC1)COc1ccc(OCc3ccnc(-c4cccc(=O)n4C)n3)c(c1)C[C@H](C(=O)O)Cc1ncnc3sc(-c4ccc(F)cc4)c-2c13. The average Bonchev–Trinajstić information content (AvgIpc) is 3.68. The number of carboxylic acids is 1. The van der Waals surface area contributed by atoms with Crippen LogP contribution in [0.25, 0.3) is 43.3 Å². The topological polar surface area (TPSA) is 136 Å². The van der Waals surface area contributed by atoms with Crippen LogP contribution in [0.2, 0.25) is 5.02 Å². The van der Waals surface area contributed by atoms with Crippen molar-refractivity contribution in [2.45, 2.75) is 32.8 Å². The molecule has 2 atom stereocenters. The van der Waals surface area contributed by atoms with Gasteiger partial charge in [-0.25, -0.2) is 24.3 Å². The largest absolute Gasteiger partial charge is 0.493 e. The van der Waals surface area contributed by atoms with Gasteiger partial charge in [-0.1, -0.05) is 41.9 Å². The minimum atomic E-state index is -0.998. The fourth-order valence-electron chi connectivity index (χ4n) is 8.71. The number of hydrogen-bond donors (Lipinski definition) is 1. The van der Waals surface area contributed by atoms with Gasteiger partial charge in [-0.3, -0.25) is 9.59 Å². The lowest BCUT2D eigenvalue weighted by Gasteiger charge is -2.34. The minimum absolute atomic E-state index is 0.0582. The molecule has 3 aromatic carbocycles. The van der Waals surface area contributed by atoms with E-state index in [0.717, 1.165) is 70.8 Å². The lowest BCUT2D eigenvalue weighted by Crippen LogP contribution is -2.46. The number of benzene rings is 3. The predicted molar refractivity (Wildman–Crippen MR) is 247 cm³/mol. The van der Waals surface area contributed by atoms with Crippen LogP contribution in [-0.4, -0.2) is 91.8 Å². The predicted octanol–water partition coefficient (Wildman–Crippen LogP) is 8.15. The molecule has 1 N–H and O–H groups in total. The van der Waals surface area contributed by atoms with E-state index in [-0.39, 0.29) is 36.7 Å². The highest BCUT2D eigenvalue weighted by atomic mass is 35.5. The van der Waals surface area contributed by atoms with E-state index in [2.05, 4.69) is 34.0 Å². The first-order valence-corrected chi connectivity index (χ1v) is 22.5. The maximum absolute atomic E-state index is 14.3. The van der Waals surface area contributed by atoms with Gasteiger partial charge in [-0.05, 0) is 97.1 Å². The van der Waals surface area contributed by atoms with E-state index < -0.39 is 11.9 Å². The fourth-order valence-corrected chi connectivity index (χ4v) is 10.1. The molecular weight excluding hydrogens is 853 g/mol. The van der Waals surface area contributed by atoms with E-state index in [9.17, 15) is 19.1 Å². The molecule has 4 aromatic heterocycles. The Hall–Kier alpha value is -6.06. The highest BCUT2D eigenvalue weighted by Gasteiger charge is 2.29. The van der Waals surface area contributed by atoms with Crippen LogP contribution in [0.3, 0.4) is 0 Å². The molecule has 0 radical (unpaired) electrons. The van der Waals surface area contributed by atoms with Gasteiger partial charge in [0.2, 0.25) is 0 Å². The number of likely N-dealkylation sites (N-methyl/N-ethyl adjacent to an activating group) is 1. The van der Waals surface area contributed by atoms with Gasteiger partial charge in [0.15, 0.2) is 5.82 Å². The Labute approximate surface area is 379 Å². The monoisotopic (exact) mass is 899 g/mol. The zero-order chi connectivity index (χ0) is 44.5. The van der Waals surface area contributed by atoms with E-state index in [0.29, 0.717) is 62.8 Å². The third-order valence-corrected chi connectivity index (χ3v) is 14.0. The van der Waals surface area contributed by atoms with Gasteiger partial charge in [-0.2, -0.15) is 0 Å². The maximum Gasteiger partial charge on any atom is 0.307 e. The second kappa shape index (κ2) is 18.6. The number of nitrogens with zero attached hydrogens (tertiary/aromatic N) is 7. The Kier molecular flexibility index (Phi) is 12.5. The molecule has 64 heavy (non-hydrogen) atoms. The fraction of sp³-hybridized carbons (Fsp3) is 0.306. The number of carbonyl (C=O) groups is 1. The summed E-state index contributed by atoms with van der Waals surface area (Å²) in [5, 5.41) is 12.3. The molecule has 4 bridgehead atoms. The first-order chi connectivity index (χ1) is 31.0. The Morgan fingerprint density at radius 1 is 0.953 bits per heavy atom. The molecule has 0 unspecified atom stereocenters. The Morgan fingerprint density at radius 3 is 2.56 bits per heavy atom. The molecule has 0 aliphatic carbocycles. The van der Waals surface area contributed by atoms with Crippen LogP contribution in [0.5, 0.6) is 11.5 Å². The number of fused-ring (bicyclic) bond motifs is 7. The normalized spacial score (nSPS) is 17.3. The molecule has 7 aromatic rings. The zero-order valence-corrected chi connectivity index (χ0v) is 37.3. The van der Waals surface area contributed by atoms with E-state index >= 15 is 0 Å². The van der Waals surface area contributed by atoms with Gasteiger partial charge in [0.25, 0.3) is 5.56 Å². The van der Waals surface area contributed by atoms with E-state index in [1.54, 1.807) is 43.6 Å². The molecule has 328 valence electrons. The standard InChI is InChI=1S/C49H47ClFN7O5S/c1-29-38-13-9-32(45(29)50)21-30(25-58-19-17-56(2)18-20-58)26-62-37-12-14-41(63-27-36-15-16-52-47(55-36)40-5-4-6-42(59)57(40)3)33(23-37)22-34(49(60)61)24-39-44-43(38)46(64-48(44)54-28-53-39)31-7-10-35(51)11-8-31/h4-16,23,28,30,34H,17-22,24-27H2,1-3H3,(H,60,61)/t30-,34+/m1/s1. The molecule has 3 aliphatic heterocycles. The van der Waals surface area contributed by atoms with Gasteiger partial charge in [-0.15, -0.1) is 11.3 Å². The number of aromatic nitrogens is 5. The van der Waals surface area contributed by atoms with Crippen LogP contribution in [0.1, 0.15) is 28.1 Å². The summed E-state index contributed by atoms with van der Waals surface area (Å²) >= 11 is 8.84. The number of pyridine rings is 1. The lowest BCUT2D eigenvalue weighted by molar-refractivity contribution is -0.141. The highest BCUT2D eigenvalue weighted by Crippen LogP contribution is 2.48. The van der Waals surface area contributed by atoms with Crippen molar-refractivity contribution >= 4 is 39.1 Å². The number of aliphatic carboxylic acids is 1. The lowest BCUT2D eigenvalue weighted by atomic mass is 9.89. The van der Waals surface area contributed by atoms with Crippen LogP contribution >= 0.6 is 22.9 Å². The summed E-state index contributed by atoms with van der Waals surface area (Å²) in [6.45, 7) is 7.15. The number of halogens is 2. The van der Waals surface area contributed by atoms with Crippen molar-refractivity contribution < 1.29 is 23.8 Å². The summed E-state index contributed by atoms with van der Waals surface area (Å²) in [6, 6.07) is 22.8. The molecule has 10 rings (SSSR count). The van der Waals surface area contributed by atoms with Crippen LogP contribution in [0, 0.1) is 24.6 Å². The van der Waals surface area contributed by atoms with Gasteiger partial charge in [0.05, 0.1) is 29.6 Å². The minimum Gasteiger partial charge on any atom is -0.493 e. The Balaban J connectivity index is 1.14. The van der Waals surface area contributed by atoms with Crippen molar-refractivity contribution in [2.24, 2.45) is 18.9 Å². The van der Waals surface area contributed by atoms with Crippen molar-refractivity contribution in [3.8, 4) is 44.6 Å². The second-order valence-corrected chi connectivity index (χ2v) is 18.1. The summed E-state index contributed by atoms with van der Waals surface area (Å²) in [5.41, 5.74) is 6.60. The summed E-state index contributed by atoms with van der Waals surface area (Å²) in [4.78, 5) is 50.7. The van der Waals surface area contributed by atoms with Crippen LogP contribution < -0.4 is 15.0 Å². The van der Waals surface area contributed by atoms with Gasteiger partial charge in [0.1, 0.15) is 35.1 Å². The van der Waals surface area contributed by atoms with Gasteiger partial charge < -0.3 is 28.9 Å². The summed E-state index contributed by atoms with van der Waals surface area (Å²) in [7, 11) is 3.81. The average molecular weight is 900 g/mol. The van der Waals surface area contributed by atoms with Gasteiger partial charge >= 0.3 is 5.97 Å². The van der Waals surface area contributed by atoms with Crippen LogP contribution in [0.4, 0.5) is 4.39 Å². The third-order valence-electron chi connectivity index (χ3n) is 12.3. The van der Waals surface area contributed by atoms with E-state index in [1.807, 2.05) is 25.1 Å². The molecule has 1 saturated heterocycles. The molecule has 7 heterocycles. The third kappa shape index (κ3) is 9.14. The summed E-state index contributed by atoms with van der Waals surface area (Å²) in [5.74, 6) is -0.746. The quantitative estimate of drug-likeness (QED) is 0.158. The molecule has 1 fully saturated rings. The van der Waals surface area contributed by atoms with Crippen molar-refractivity contribution in [3.05, 3.63) is 141 Å². The first kappa shape index (κ1) is 43.2. The number of rotatable bonds is 8. The van der Waals surface area contributed by atoms with Crippen LogP contribution in [0.15, 0.2) is 96.2 Å². The molecule has 15 heteroatoms. The van der Waals surface area contributed by atoms with Gasteiger partial charge in [0, 0.05) is 85.2 Å². The summed E-state index contributed by atoms with van der Waals surface area (Å²) in [6.07, 6.45) is 3.95. The smallest absolute Gasteiger partial charge is 0.307 e. The molecule has 3 aliphatic rings. The van der Waals surface area contributed by atoms with Crippen molar-refractivity contribution in [1.82, 2.24) is 34.3 Å². The number of piperazine rings is 1. The van der Waals surface area contributed by atoms with E-state index in [1.165, 1.54) is 40.4 Å². The van der Waals surface area contributed by atoms with Crippen LogP contribution in [-0.2, 0) is 37.7 Å². The number of thiophene rings is 1. The van der Waals surface area contributed by atoms with Crippen molar-refractivity contribution in [1.29, 1.82) is 0 Å². The molecule has 12 nitrogen and oxygen atoms in total.